The molecule has 1 aliphatic heterocycles. The van der Waals surface area contributed by atoms with E-state index in [1.165, 1.54) is 19.2 Å². The first kappa shape index (κ1) is 21.6. The number of hydrogen-bond acceptors (Lipinski definition) is 6. The van der Waals surface area contributed by atoms with Crippen LogP contribution < -0.4 is 10.1 Å². The molecule has 0 radical (unpaired) electrons. The van der Waals surface area contributed by atoms with Gasteiger partial charge in [0, 0.05) is 6.54 Å². The van der Waals surface area contributed by atoms with Crippen molar-refractivity contribution in [3.8, 4) is 5.75 Å². The van der Waals surface area contributed by atoms with Gasteiger partial charge in [0.05, 0.1) is 28.3 Å². The van der Waals surface area contributed by atoms with Crippen LogP contribution in [-0.4, -0.2) is 48.9 Å². The molecular formula is C20H16Cl2N2O6. The number of esters is 1. The summed E-state index contributed by atoms with van der Waals surface area (Å²) in [4.78, 5) is 49.4. The average Bonchev–Trinajstić information content (AvgIpc) is 2.95. The van der Waals surface area contributed by atoms with Crippen molar-refractivity contribution in [1.29, 1.82) is 0 Å². The van der Waals surface area contributed by atoms with Gasteiger partial charge in [-0.2, -0.15) is 0 Å². The summed E-state index contributed by atoms with van der Waals surface area (Å²) < 4.78 is 9.97. The minimum Gasteiger partial charge on any atom is -0.497 e. The van der Waals surface area contributed by atoms with Crippen LogP contribution in [0.4, 0.5) is 0 Å². The van der Waals surface area contributed by atoms with E-state index in [9.17, 15) is 19.2 Å². The zero-order chi connectivity index (χ0) is 21.8. The number of imide groups is 1. The quantitative estimate of drug-likeness (QED) is 0.513. The lowest BCUT2D eigenvalue weighted by molar-refractivity contribution is -0.148. The molecule has 2 aromatic carbocycles. The lowest BCUT2D eigenvalue weighted by Crippen LogP contribution is -2.37. The predicted molar refractivity (Wildman–Crippen MR) is 108 cm³/mol. The Bertz CT molecular complexity index is 999. The Morgan fingerprint density at radius 3 is 2.27 bits per heavy atom. The highest BCUT2D eigenvalue weighted by molar-refractivity contribution is 6.43. The van der Waals surface area contributed by atoms with E-state index in [1.807, 2.05) is 0 Å². The number of benzene rings is 2. The molecule has 0 saturated carbocycles. The Morgan fingerprint density at radius 2 is 1.67 bits per heavy atom. The molecule has 1 aliphatic rings. The van der Waals surface area contributed by atoms with Crippen LogP contribution >= 0.6 is 23.2 Å². The number of methoxy groups -OCH3 is 1. The molecule has 0 aromatic heterocycles. The SMILES string of the molecule is COc1cccc(CNC(=O)COC(=O)CN2C(=O)c3cc(Cl)c(Cl)cc3C2=O)c1. The molecule has 0 aliphatic carbocycles. The largest absolute Gasteiger partial charge is 0.497 e. The van der Waals surface area contributed by atoms with E-state index in [0.717, 1.165) is 5.56 Å². The van der Waals surface area contributed by atoms with Gasteiger partial charge in [0.2, 0.25) is 0 Å². The molecule has 8 nitrogen and oxygen atoms in total. The number of carbonyl (C=O) groups excluding carboxylic acids is 4. The summed E-state index contributed by atoms with van der Waals surface area (Å²) in [6.45, 7) is -0.970. The number of carbonyl (C=O) groups is 4. The van der Waals surface area contributed by atoms with E-state index in [1.54, 1.807) is 24.3 Å². The summed E-state index contributed by atoms with van der Waals surface area (Å²) in [6, 6.07) is 9.66. The Hall–Kier alpha value is -3.10. The molecule has 0 saturated heterocycles. The summed E-state index contributed by atoms with van der Waals surface area (Å²) in [6.07, 6.45) is 0. The van der Waals surface area contributed by atoms with Gasteiger partial charge in [-0.1, -0.05) is 35.3 Å². The first-order valence-electron chi connectivity index (χ1n) is 8.70. The third kappa shape index (κ3) is 4.72. The van der Waals surface area contributed by atoms with Gasteiger partial charge in [0.1, 0.15) is 12.3 Å². The van der Waals surface area contributed by atoms with Crippen LogP contribution in [0.2, 0.25) is 10.0 Å². The molecule has 0 fully saturated rings. The summed E-state index contributed by atoms with van der Waals surface area (Å²) in [7, 11) is 1.54. The smallest absolute Gasteiger partial charge is 0.326 e. The Balaban J connectivity index is 1.50. The number of hydrogen-bond donors (Lipinski definition) is 1. The molecule has 2 aromatic rings. The van der Waals surface area contributed by atoms with Gasteiger partial charge < -0.3 is 14.8 Å². The maximum Gasteiger partial charge on any atom is 0.326 e. The highest BCUT2D eigenvalue weighted by Crippen LogP contribution is 2.31. The number of rotatable bonds is 7. The van der Waals surface area contributed by atoms with Crippen molar-refractivity contribution in [2.24, 2.45) is 0 Å². The monoisotopic (exact) mass is 450 g/mol. The van der Waals surface area contributed by atoms with Crippen LogP contribution in [-0.2, 0) is 20.9 Å². The molecule has 0 spiro atoms. The van der Waals surface area contributed by atoms with Crippen molar-refractivity contribution in [3.05, 3.63) is 63.1 Å². The van der Waals surface area contributed by atoms with Gasteiger partial charge in [0.15, 0.2) is 6.61 Å². The Labute approximate surface area is 181 Å². The van der Waals surface area contributed by atoms with E-state index in [4.69, 9.17) is 32.7 Å². The highest BCUT2D eigenvalue weighted by atomic mass is 35.5. The first-order chi connectivity index (χ1) is 14.3. The molecule has 3 amide bonds. The summed E-state index contributed by atoms with van der Waals surface area (Å²) >= 11 is 11.8. The fourth-order valence-electron chi connectivity index (χ4n) is 2.78. The van der Waals surface area contributed by atoms with Crippen molar-refractivity contribution in [2.45, 2.75) is 6.54 Å². The lowest BCUT2D eigenvalue weighted by atomic mass is 10.1. The molecule has 0 bridgehead atoms. The van der Waals surface area contributed by atoms with Crippen LogP contribution in [0.15, 0.2) is 36.4 Å². The van der Waals surface area contributed by atoms with Crippen molar-refractivity contribution >= 4 is 46.9 Å². The van der Waals surface area contributed by atoms with Crippen molar-refractivity contribution in [3.63, 3.8) is 0 Å². The maximum atomic E-state index is 12.4. The van der Waals surface area contributed by atoms with E-state index in [-0.39, 0.29) is 27.7 Å². The third-order valence-electron chi connectivity index (χ3n) is 4.29. The van der Waals surface area contributed by atoms with Gasteiger partial charge in [0.25, 0.3) is 17.7 Å². The number of halogens is 2. The number of ether oxygens (including phenoxy) is 2. The van der Waals surface area contributed by atoms with Gasteiger partial charge in [-0.3, -0.25) is 24.1 Å². The second-order valence-electron chi connectivity index (χ2n) is 6.30. The second kappa shape index (κ2) is 9.15. The number of fused-ring (bicyclic) bond motifs is 1. The van der Waals surface area contributed by atoms with Crippen molar-refractivity contribution in [2.75, 3.05) is 20.3 Å². The average molecular weight is 451 g/mol. The molecule has 30 heavy (non-hydrogen) atoms. The van der Waals surface area contributed by atoms with E-state index in [2.05, 4.69) is 5.32 Å². The van der Waals surface area contributed by atoms with Crippen LogP contribution in [0.3, 0.4) is 0 Å². The number of nitrogens with one attached hydrogen (secondary N) is 1. The van der Waals surface area contributed by atoms with Crippen LogP contribution in [0, 0.1) is 0 Å². The lowest BCUT2D eigenvalue weighted by Gasteiger charge is -2.13. The maximum absolute atomic E-state index is 12.4. The van der Waals surface area contributed by atoms with E-state index < -0.39 is 36.8 Å². The van der Waals surface area contributed by atoms with Crippen molar-refractivity contribution < 1.29 is 28.7 Å². The highest BCUT2D eigenvalue weighted by Gasteiger charge is 2.37. The fraction of sp³-hybridized carbons (Fsp3) is 0.200. The summed E-state index contributed by atoms with van der Waals surface area (Å²) in [5.74, 6) is -2.16. The zero-order valence-corrected chi connectivity index (χ0v) is 17.2. The molecule has 1 heterocycles. The zero-order valence-electron chi connectivity index (χ0n) is 15.7. The van der Waals surface area contributed by atoms with Gasteiger partial charge in [-0.25, -0.2) is 0 Å². The standard InChI is InChI=1S/C20H16Cl2N2O6/c1-29-12-4-2-3-11(5-12)8-23-17(25)10-30-18(26)9-24-19(27)13-6-15(21)16(22)7-14(13)20(24)28/h2-7H,8-10H2,1H3,(H,23,25). The molecular weight excluding hydrogens is 435 g/mol. The minimum atomic E-state index is -0.904. The molecule has 3 rings (SSSR count). The van der Waals surface area contributed by atoms with Gasteiger partial charge in [-0.05, 0) is 29.8 Å². The van der Waals surface area contributed by atoms with Crippen molar-refractivity contribution in [1.82, 2.24) is 10.2 Å². The molecule has 0 atom stereocenters. The minimum absolute atomic E-state index is 0.0539. The molecule has 156 valence electrons. The van der Waals surface area contributed by atoms with E-state index in [0.29, 0.717) is 10.6 Å². The summed E-state index contributed by atoms with van der Waals surface area (Å²) in [5, 5.41) is 2.83. The van der Waals surface area contributed by atoms with Crippen LogP contribution in [0.25, 0.3) is 0 Å². The Morgan fingerprint density at radius 1 is 1.03 bits per heavy atom. The number of amides is 3. The topological polar surface area (TPSA) is 102 Å². The van der Waals surface area contributed by atoms with Gasteiger partial charge >= 0.3 is 5.97 Å². The summed E-state index contributed by atoms with van der Waals surface area (Å²) in [5.41, 5.74) is 0.911. The molecule has 10 heteroatoms. The molecule has 0 unspecified atom stereocenters. The van der Waals surface area contributed by atoms with E-state index >= 15 is 0 Å². The fourth-order valence-corrected chi connectivity index (χ4v) is 3.11. The Kier molecular flexibility index (Phi) is 6.59. The molecule has 1 N–H and O–H groups in total. The first-order valence-corrected chi connectivity index (χ1v) is 9.46. The second-order valence-corrected chi connectivity index (χ2v) is 7.11. The van der Waals surface area contributed by atoms with Crippen LogP contribution in [0.5, 0.6) is 5.75 Å². The number of nitrogens with zero attached hydrogens (tertiary/aromatic N) is 1. The van der Waals surface area contributed by atoms with Crippen LogP contribution in [0.1, 0.15) is 26.3 Å². The predicted octanol–water partition coefficient (Wildman–Crippen LogP) is 2.46. The van der Waals surface area contributed by atoms with Gasteiger partial charge in [-0.15, -0.1) is 0 Å². The third-order valence-corrected chi connectivity index (χ3v) is 5.01. The normalized spacial score (nSPS) is 12.6.